The molecule has 0 amide bonds. The Morgan fingerprint density at radius 1 is 1.10 bits per heavy atom. The highest BCUT2D eigenvalue weighted by Gasteiger charge is 2.64. The molecule has 1 aliphatic heterocycles. The summed E-state index contributed by atoms with van der Waals surface area (Å²) in [6, 6.07) is 20.3. The Kier molecular flexibility index (Phi) is 3.63. The second-order valence-electron chi connectivity index (χ2n) is 6.20. The molecule has 2 aromatic rings. The number of likely N-dealkylation sites (tertiary alicyclic amines) is 1. The minimum absolute atomic E-state index is 0.459. The van der Waals surface area contributed by atoms with E-state index in [-0.39, 0.29) is 0 Å². The highest BCUT2D eigenvalue weighted by molar-refractivity contribution is 14.1. The van der Waals surface area contributed by atoms with Gasteiger partial charge in [-0.05, 0) is 35.6 Å². The molecule has 2 aliphatic rings. The third kappa shape index (κ3) is 2.57. The van der Waals surface area contributed by atoms with E-state index in [0.717, 1.165) is 16.9 Å². The zero-order valence-electron chi connectivity index (χ0n) is 11.7. The standard InChI is InChI=1S/C18H17BrIN/c19-16-8-6-14(7-9-16)17-18(20)10-15(18)12-21(17)11-13-4-2-1-3-5-13/h1-9,15,17H,10-12H2/t15-,17-,18+/m0/s1. The molecule has 1 saturated carbocycles. The number of rotatable bonds is 3. The lowest BCUT2D eigenvalue weighted by Crippen LogP contribution is -2.29. The third-order valence-corrected chi connectivity index (χ3v) is 7.21. The molecule has 1 heterocycles. The van der Waals surface area contributed by atoms with Crippen LogP contribution >= 0.6 is 38.5 Å². The fourth-order valence-electron chi connectivity index (χ4n) is 3.67. The van der Waals surface area contributed by atoms with E-state index in [0.29, 0.717) is 9.46 Å². The zero-order valence-corrected chi connectivity index (χ0v) is 15.4. The normalized spacial score (nSPS) is 31.1. The quantitative estimate of drug-likeness (QED) is 0.456. The number of nitrogens with zero attached hydrogens (tertiary/aromatic N) is 1. The second-order valence-corrected chi connectivity index (χ2v) is 9.12. The summed E-state index contributed by atoms with van der Waals surface area (Å²) in [5, 5.41) is 0. The van der Waals surface area contributed by atoms with E-state index in [9.17, 15) is 0 Å². The predicted octanol–water partition coefficient (Wildman–Crippen LogP) is 5.20. The number of alkyl halides is 1. The minimum atomic E-state index is 0.459. The van der Waals surface area contributed by atoms with Crippen molar-refractivity contribution in [2.24, 2.45) is 5.92 Å². The predicted molar refractivity (Wildman–Crippen MR) is 98.6 cm³/mol. The van der Waals surface area contributed by atoms with E-state index >= 15 is 0 Å². The van der Waals surface area contributed by atoms with Gasteiger partial charge >= 0.3 is 0 Å². The maximum atomic E-state index is 3.55. The molecule has 21 heavy (non-hydrogen) atoms. The van der Waals surface area contributed by atoms with Crippen LogP contribution in [0.15, 0.2) is 59.1 Å². The highest BCUT2D eigenvalue weighted by Crippen LogP contribution is 2.66. The molecule has 1 nitrogen and oxygen atoms in total. The molecular weight excluding hydrogens is 437 g/mol. The molecule has 0 aromatic heterocycles. The summed E-state index contributed by atoms with van der Waals surface area (Å²) in [5.74, 6) is 0.871. The molecule has 0 unspecified atom stereocenters. The van der Waals surface area contributed by atoms with Crippen molar-refractivity contribution in [3.63, 3.8) is 0 Å². The molecule has 0 radical (unpaired) electrons. The van der Waals surface area contributed by atoms with Crippen molar-refractivity contribution >= 4 is 38.5 Å². The fraction of sp³-hybridized carbons (Fsp3) is 0.333. The molecule has 2 aromatic carbocycles. The van der Waals surface area contributed by atoms with Crippen LogP contribution < -0.4 is 0 Å². The van der Waals surface area contributed by atoms with E-state index in [4.69, 9.17) is 0 Å². The SMILES string of the molecule is Brc1ccc([C@@H]2N(Cc3ccccc3)C[C@@H]3C[C@@]32I)cc1. The topological polar surface area (TPSA) is 3.24 Å². The van der Waals surface area contributed by atoms with Gasteiger partial charge in [-0.3, -0.25) is 4.90 Å². The van der Waals surface area contributed by atoms with Crippen LogP contribution in [-0.4, -0.2) is 14.9 Å². The van der Waals surface area contributed by atoms with Crippen molar-refractivity contribution in [3.05, 3.63) is 70.2 Å². The molecule has 1 saturated heterocycles. The molecule has 3 atom stereocenters. The molecule has 0 bridgehead atoms. The van der Waals surface area contributed by atoms with Gasteiger partial charge in [0.05, 0.1) is 6.04 Å². The lowest BCUT2D eigenvalue weighted by molar-refractivity contribution is 0.222. The molecule has 1 aliphatic carbocycles. The van der Waals surface area contributed by atoms with Crippen LogP contribution in [0, 0.1) is 5.92 Å². The van der Waals surface area contributed by atoms with Crippen LogP contribution in [0.3, 0.4) is 0 Å². The van der Waals surface area contributed by atoms with E-state index in [1.165, 1.54) is 24.1 Å². The molecule has 0 N–H and O–H groups in total. The van der Waals surface area contributed by atoms with Gasteiger partial charge in [-0.15, -0.1) is 0 Å². The zero-order chi connectivity index (χ0) is 14.4. The summed E-state index contributed by atoms with van der Waals surface area (Å²) in [4.78, 5) is 2.67. The maximum Gasteiger partial charge on any atom is 0.0500 e. The van der Waals surface area contributed by atoms with Crippen LogP contribution in [0.1, 0.15) is 23.6 Å². The molecule has 2 fully saturated rings. The first-order valence-electron chi connectivity index (χ1n) is 7.39. The van der Waals surface area contributed by atoms with Crippen LogP contribution in [0.5, 0.6) is 0 Å². The molecular formula is C18H17BrIN. The van der Waals surface area contributed by atoms with Crippen molar-refractivity contribution in [3.8, 4) is 0 Å². The van der Waals surface area contributed by atoms with Gasteiger partial charge in [0, 0.05) is 21.0 Å². The van der Waals surface area contributed by atoms with Crippen molar-refractivity contribution in [1.29, 1.82) is 0 Å². The smallest absolute Gasteiger partial charge is 0.0500 e. The number of hydrogen-bond acceptors (Lipinski definition) is 1. The van der Waals surface area contributed by atoms with Crippen molar-refractivity contribution in [2.45, 2.75) is 22.4 Å². The molecule has 0 spiro atoms. The van der Waals surface area contributed by atoms with Crippen LogP contribution in [0.25, 0.3) is 0 Å². The molecule has 108 valence electrons. The minimum Gasteiger partial charge on any atom is -0.290 e. The van der Waals surface area contributed by atoms with Crippen molar-refractivity contribution < 1.29 is 0 Å². The molecule has 4 rings (SSSR count). The van der Waals surface area contributed by atoms with Crippen molar-refractivity contribution in [2.75, 3.05) is 6.54 Å². The van der Waals surface area contributed by atoms with E-state index in [1.54, 1.807) is 0 Å². The van der Waals surface area contributed by atoms with Crippen LogP contribution in [-0.2, 0) is 6.54 Å². The van der Waals surface area contributed by atoms with Gasteiger partial charge in [0.25, 0.3) is 0 Å². The average molecular weight is 454 g/mol. The monoisotopic (exact) mass is 453 g/mol. The van der Waals surface area contributed by atoms with Crippen LogP contribution in [0.4, 0.5) is 0 Å². The fourth-order valence-corrected chi connectivity index (χ4v) is 5.42. The van der Waals surface area contributed by atoms with Gasteiger partial charge in [0.1, 0.15) is 0 Å². The van der Waals surface area contributed by atoms with Gasteiger partial charge in [0.2, 0.25) is 0 Å². The number of benzene rings is 2. The average Bonchev–Trinajstić information content (AvgIpc) is 3.05. The van der Waals surface area contributed by atoms with Crippen LogP contribution in [0.2, 0.25) is 0 Å². The van der Waals surface area contributed by atoms with E-state index in [2.05, 4.69) is 98.0 Å². The maximum absolute atomic E-state index is 3.55. The summed E-state index contributed by atoms with van der Waals surface area (Å²) in [5.41, 5.74) is 2.88. The number of halogens is 2. The Morgan fingerprint density at radius 2 is 1.81 bits per heavy atom. The van der Waals surface area contributed by atoms with Gasteiger partial charge in [-0.1, -0.05) is 81.0 Å². The first-order valence-corrected chi connectivity index (χ1v) is 9.26. The first-order chi connectivity index (χ1) is 10.2. The first kappa shape index (κ1) is 14.2. The Labute approximate surface area is 148 Å². The highest BCUT2D eigenvalue weighted by atomic mass is 127. The second kappa shape index (κ2) is 5.36. The summed E-state index contributed by atoms with van der Waals surface area (Å²) < 4.78 is 1.62. The summed E-state index contributed by atoms with van der Waals surface area (Å²) in [6.07, 6.45) is 1.37. The van der Waals surface area contributed by atoms with Gasteiger partial charge in [-0.25, -0.2) is 0 Å². The Balaban J connectivity index is 1.63. The lowest BCUT2D eigenvalue weighted by atomic mass is 10.0. The van der Waals surface area contributed by atoms with Crippen molar-refractivity contribution in [1.82, 2.24) is 4.90 Å². The third-order valence-electron chi connectivity index (χ3n) is 4.77. The van der Waals surface area contributed by atoms with E-state index < -0.39 is 0 Å². The Bertz CT molecular complexity index is 642. The van der Waals surface area contributed by atoms with Gasteiger partial charge in [0.15, 0.2) is 0 Å². The Hall–Kier alpha value is -0.390. The van der Waals surface area contributed by atoms with Gasteiger partial charge in [-0.2, -0.15) is 0 Å². The number of fused-ring (bicyclic) bond motifs is 1. The summed E-state index contributed by atoms with van der Waals surface area (Å²) >= 11 is 6.27. The molecule has 3 heteroatoms. The summed E-state index contributed by atoms with van der Waals surface area (Å²) in [6.45, 7) is 2.29. The Morgan fingerprint density at radius 3 is 2.52 bits per heavy atom. The lowest BCUT2D eigenvalue weighted by Gasteiger charge is -2.30. The summed E-state index contributed by atoms with van der Waals surface area (Å²) in [7, 11) is 0. The largest absolute Gasteiger partial charge is 0.290 e. The van der Waals surface area contributed by atoms with Gasteiger partial charge < -0.3 is 0 Å². The number of piperidine rings is 1. The van der Waals surface area contributed by atoms with E-state index in [1.807, 2.05) is 0 Å². The number of hydrogen-bond donors (Lipinski definition) is 0.